The number of rotatable bonds is 8. The lowest BCUT2D eigenvalue weighted by atomic mass is 10.2. The number of aromatic nitrogens is 2. The standard InChI is InChI=1S/C23H22F2N4O5/c1-2-8-28(18(30)13-34-22(32)15-9-16(24)11-17(25)10-15)19-20(26)29(23(33)27-21(19)31)12-14-6-4-3-5-7-14/h3-7,9-11H,2,8,12-13,26H2,1H3,(H,27,31,33). The van der Waals surface area contributed by atoms with Gasteiger partial charge < -0.3 is 15.4 Å². The van der Waals surface area contributed by atoms with E-state index in [9.17, 15) is 28.0 Å². The second-order valence-corrected chi connectivity index (χ2v) is 7.34. The van der Waals surface area contributed by atoms with Crippen LogP contribution in [0.5, 0.6) is 0 Å². The molecule has 0 fully saturated rings. The summed E-state index contributed by atoms with van der Waals surface area (Å²) in [6.07, 6.45) is 0.408. The third-order valence-corrected chi connectivity index (χ3v) is 4.84. The van der Waals surface area contributed by atoms with Gasteiger partial charge in [0.1, 0.15) is 17.5 Å². The lowest BCUT2D eigenvalue weighted by Gasteiger charge is -2.24. The highest BCUT2D eigenvalue weighted by Gasteiger charge is 2.25. The third-order valence-electron chi connectivity index (χ3n) is 4.84. The van der Waals surface area contributed by atoms with Gasteiger partial charge >= 0.3 is 11.7 Å². The molecule has 1 amide bonds. The van der Waals surface area contributed by atoms with Crippen LogP contribution in [0.2, 0.25) is 0 Å². The fraction of sp³-hybridized carbons (Fsp3) is 0.217. The number of carbonyl (C=O) groups is 2. The third kappa shape index (κ3) is 5.55. The molecule has 1 aromatic heterocycles. The number of aromatic amines is 1. The molecule has 0 unspecified atom stereocenters. The van der Waals surface area contributed by atoms with Crippen LogP contribution in [0, 0.1) is 11.6 Å². The normalized spacial score (nSPS) is 10.7. The number of benzene rings is 2. The molecule has 0 bridgehead atoms. The molecular weight excluding hydrogens is 450 g/mol. The Morgan fingerprint density at radius 2 is 1.74 bits per heavy atom. The summed E-state index contributed by atoms with van der Waals surface area (Å²) in [6, 6.07) is 11.0. The minimum atomic E-state index is -1.13. The number of carbonyl (C=O) groups excluding carboxylic acids is 2. The quantitative estimate of drug-likeness (QED) is 0.483. The maximum Gasteiger partial charge on any atom is 0.338 e. The van der Waals surface area contributed by atoms with E-state index in [0.29, 0.717) is 12.5 Å². The minimum Gasteiger partial charge on any atom is -0.452 e. The molecule has 2 aromatic carbocycles. The highest BCUT2D eigenvalue weighted by atomic mass is 19.1. The maximum atomic E-state index is 13.3. The minimum absolute atomic E-state index is 0.0296. The van der Waals surface area contributed by atoms with Gasteiger partial charge in [-0.15, -0.1) is 0 Å². The summed E-state index contributed by atoms with van der Waals surface area (Å²) in [4.78, 5) is 53.1. The van der Waals surface area contributed by atoms with Crippen molar-refractivity contribution in [2.75, 3.05) is 23.8 Å². The van der Waals surface area contributed by atoms with Gasteiger partial charge in [0.25, 0.3) is 11.5 Å². The van der Waals surface area contributed by atoms with Gasteiger partial charge in [-0.05, 0) is 24.1 Å². The SMILES string of the molecule is CCCN(C(=O)COC(=O)c1cc(F)cc(F)c1)c1c(N)n(Cc2ccccc2)c(=O)[nH]c1=O. The molecule has 0 saturated heterocycles. The zero-order valence-corrected chi connectivity index (χ0v) is 18.2. The van der Waals surface area contributed by atoms with E-state index in [2.05, 4.69) is 4.98 Å². The Morgan fingerprint density at radius 3 is 2.35 bits per heavy atom. The molecule has 0 aliphatic rings. The first-order chi connectivity index (χ1) is 16.2. The molecule has 0 aliphatic heterocycles. The van der Waals surface area contributed by atoms with E-state index in [1.54, 1.807) is 37.3 Å². The number of halogens is 2. The molecular formula is C23H22F2N4O5. The highest BCUT2D eigenvalue weighted by Crippen LogP contribution is 2.19. The van der Waals surface area contributed by atoms with Gasteiger partial charge in [0.15, 0.2) is 12.3 Å². The van der Waals surface area contributed by atoms with Crippen molar-refractivity contribution in [1.29, 1.82) is 0 Å². The van der Waals surface area contributed by atoms with Crippen molar-refractivity contribution in [3.05, 3.63) is 92.1 Å². The maximum absolute atomic E-state index is 13.3. The van der Waals surface area contributed by atoms with Gasteiger partial charge in [0.05, 0.1) is 12.1 Å². The molecule has 9 nitrogen and oxygen atoms in total. The number of anilines is 2. The fourth-order valence-corrected chi connectivity index (χ4v) is 3.31. The Labute approximate surface area is 192 Å². The molecule has 0 spiro atoms. The largest absolute Gasteiger partial charge is 0.452 e. The second-order valence-electron chi connectivity index (χ2n) is 7.34. The van der Waals surface area contributed by atoms with Crippen LogP contribution in [0.4, 0.5) is 20.3 Å². The molecule has 178 valence electrons. The summed E-state index contributed by atoms with van der Waals surface area (Å²) >= 11 is 0. The molecule has 11 heteroatoms. The Hall–Kier alpha value is -4.28. The van der Waals surface area contributed by atoms with Crippen LogP contribution < -0.4 is 21.9 Å². The van der Waals surface area contributed by atoms with Crippen molar-refractivity contribution >= 4 is 23.4 Å². The molecule has 0 saturated carbocycles. The van der Waals surface area contributed by atoms with Gasteiger partial charge in [-0.2, -0.15) is 0 Å². The Bertz CT molecular complexity index is 1300. The predicted octanol–water partition coefficient (Wildman–Crippen LogP) is 2.05. The van der Waals surface area contributed by atoms with Crippen LogP contribution >= 0.6 is 0 Å². The van der Waals surface area contributed by atoms with E-state index in [1.807, 2.05) is 0 Å². The van der Waals surface area contributed by atoms with E-state index < -0.39 is 46.9 Å². The number of nitrogens with two attached hydrogens (primary N) is 1. The molecule has 3 N–H and O–H groups in total. The second kappa shape index (κ2) is 10.6. The monoisotopic (exact) mass is 472 g/mol. The number of nitrogens with zero attached hydrogens (tertiary/aromatic N) is 2. The number of H-pyrrole nitrogens is 1. The Balaban J connectivity index is 1.88. The summed E-state index contributed by atoms with van der Waals surface area (Å²) in [6.45, 7) is 0.991. The number of nitrogen functional groups attached to an aromatic ring is 1. The predicted molar refractivity (Wildman–Crippen MR) is 121 cm³/mol. The first-order valence-electron chi connectivity index (χ1n) is 10.3. The van der Waals surface area contributed by atoms with E-state index >= 15 is 0 Å². The average Bonchev–Trinajstić information content (AvgIpc) is 2.79. The smallest absolute Gasteiger partial charge is 0.338 e. The van der Waals surface area contributed by atoms with Gasteiger partial charge in [-0.1, -0.05) is 37.3 Å². The molecule has 1 heterocycles. The average molecular weight is 472 g/mol. The highest BCUT2D eigenvalue weighted by molar-refractivity contribution is 5.98. The van der Waals surface area contributed by atoms with Crippen molar-refractivity contribution in [2.24, 2.45) is 0 Å². The number of hydrogen-bond donors (Lipinski definition) is 2. The molecule has 3 aromatic rings. The molecule has 0 atom stereocenters. The number of esters is 1. The van der Waals surface area contributed by atoms with Crippen LogP contribution in [0.15, 0.2) is 58.1 Å². The molecule has 34 heavy (non-hydrogen) atoms. The van der Waals surface area contributed by atoms with Gasteiger partial charge in [0.2, 0.25) is 0 Å². The van der Waals surface area contributed by atoms with Crippen molar-refractivity contribution in [3.8, 4) is 0 Å². The van der Waals surface area contributed by atoms with Gasteiger partial charge in [-0.25, -0.2) is 18.4 Å². The number of ether oxygens (including phenoxy) is 1. The van der Waals surface area contributed by atoms with E-state index in [0.717, 1.165) is 27.2 Å². The zero-order chi connectivity index (χ0) is 24.8. The molecule has 0 aliphatic carbocycles. The first kappa shape index (κ1) is 24.4. The fourth-order valence-electron chi connectivity index (χ4n) is 3.31. The lowest BCUT2D eigenvalue weighted by molar-refractivity contribution is -0.121. The number of amides is 1. The van der Waals surface area contributed by atoms with Crippen LogP contribution in [0.25, 0.3) is 0 Å². The first-order valence-corrected chi connectivity index (χ1v) is 10.3. The van der Waals surface area contributed by atoms with Crippen molar-refractivity contribution in [3.63, 3.8) is 0 Å². The summed E-state index contributed by atoms with van der Waals surface area (Å²) in [5, 5.41) is 0. The van der Waals surface area contributed by atoms with Crippen LogP contribution in [-0.4, -0.2) is 34.6 Å². The molecule has 0 radical (unpaired) electrons. The lowest BCUT2D eigenvalue weighted by Crippen LogP contribution is -2.43. The Kier molecular flexibility index (Phi) is 7.57. The topological polar surface area (TPSA) is 127 Å². The number of nitrogens with one attached hydrogen (secondary N) is 1. The van der Waals surface area contributed by atoms with Crippen molar-refractivity contribution < 1.29 is 23.1 Å². The zero-order valence-electron chi connectivity index (χ0n) is 18.2. The summed E-state index contributed by atoms with van der Waals surface area (Å²) in [5.74, 6) is -4.14. The van der Waals surface area contributed by atoms with E-state index in [4.69, 9.17) is 10.5 Å². The van der Waals surface area contributed by atoms with E-state index in [-0.39, 0.29) is 24.6 Å². The van der Waals surface area contributed by atoms with Crippen LogP contribution in [-0.2, 0) is 16.1 Å². The van der Waals surface area contributed by atoms with Crippen LogP contribution in [0.1, 0.15) is 29.3 Å². The number of hydrogen-bond acceptors (Lipinski definition) is 6. The van der Waals surface area contributed by atoms with E-state index in [1.165, 1.54) is 0 Å². The summed E-state index contributed by atoms with van der Waals surface area (Å²) in [5.41, 5.74) is 4.56. The van der Waals surface area contributed by atoms with Crippen molar-refractivity contribution in [1.82, 2.24) is 9.55 Å². The van der Waals surface area contributed by atoms with Gasteiger partial charge in [-0.3, -0.25) is 19.1 Å². The van der Waals surface area contributed by atoms with Gasteiger partial charge in [0, 0.05) is 12.6 Å². The summed E-state index contributed by atoms with van der Waals surface area (Å²) < 4.78 is 32.7. The van der Waals surface area contributed by atoms with Crippen LogP contribution in [0.3, 0.4) is 0 Å². The Morgan fingerprint density at radius 1 is 1.09 bits per heavy atom. The van der Waals surface area contributed by atoms with Crippen molar-refractivity contribution in [2.45, 2.75) is 19.9 Å². The molecule has 3 rings (SSSR count). The summed E-state index contributed by atoms with van der Waals surface area (Å²) in [7, 11) is 0.